The molecule has 0 saturated heterocycles. The molecular formula is C23H21N5O. The molecular weight excluding hydrogens is 362 g/mol. The Morgan fingerprint density at radius 3 is 1.52 bits per heavy atom. The van der Waals surface area contributed by atoms with E-state index in [0.717, 1.165) is 36.6 Å². The lowest BCUT2D eigenvalue weighted by Gasteiger charge is -2.04. The van der Waals surface area contributed by atoms with Crippen molar-refractivity contribution in [3.8, 4) is 11.8 Å². The Morgan fingerprint density at radius 1 is 0.690 bits per heavy atom. The average Bonchev–Trinajstić information content (AvgIpc) is 2.78. The highest BCUT2D eigenvalue weighted by molar-refractivity contribution is 5.49. The number of rotatable bonds is 8. The van der Waals surface area contributed by atoms with Crippen molar-refractivity contribution in [2.24, 2.45) is 20.5 Å². The van der Waals surface area contributed by atoms with Crippen LogP contribution in [0.3, 0.4) is 0 Å². The van der Waals surface area contributed by atoms with E-state index in [1.54, 1.807) is 24.3 Å². The number of nitriles is 1. The number of hydrogen-bond donors (Lipinski definition) is 0. The van der Waals surface area contributed by atoms with Crippen LogP contribution in [0, 0.1) is 11.3 Å². The van der Waals surface area contributed by atoms with Crippen LogP contribution in [-0.2, 0) is 0 Å². The third kappa shape index (κ3) is 6.36. The van der Waals surface area contributed by atoms with Gasteiger partial charge in [-0.1, -0.05) is 13.3 Å². The molecule has 0 heterocycles. The lowest BCUT2D eigenvalue weighted by molar-refractivity contribution is 0.309. The molecule has 6 nitrogen and oxygen atoms in total. The van der Waals surface area contributed by atoms with Gasteiger partial charge in [0.05, 0.1) is 41.0 Å². The van der Waals surface area contributed by atoms with E-state index in [4.69, 9.17) is 10.00 Å². The molecule has 0 N–H and O–H groups in total. The number of benzene rings is 3. The smallest absolute Gasteiger partial charge is 0.119 e. The molecule has 0 aromatic heterocycles. The second-order valence-corrected chi connectivity index (χ2v) is 6.27. The van der Waals surface area contributed by atoms with Gasteiger partial charge in [0.1, 0.15) is 5.75 Å². The number of unbranched alkanes of at least 4 members (excludes halogenated alkanes) is 1. The maximum Gasteiger partial charge on any atom is 0.119 e. The van der Waals surface area contributed by atoms with E-state index >= 15 is 0 Å². The molecule has 0 aliphatic heterocycles. The number of ether oxygens (including phenoxy) is 1. The quantitative estimate of drug-likeness (QED) is 0.297. The van der Waals surface area contributed by atoms with Crippen molar-refractivity contribution in [1.82, 2.24) is 0 Å². The van der Waals surface area contributed by atoms with Crippen LogP contribution in [-0.4, -0.2) is 6.61 Å². The van der Waals surface area contributed by atoms with E-state index in [1.165, 1.54) is 0 Å². The third-order valence-electron chi connectivity index (χ3n) is 4.01. The van der Waals surface area contributed by atoms with Crippen LogP contribution < -0.4 is 4.74 Å². The van der Waals surface area contributed by atoms with Gasteiger partial charge in [-0.3, -0.25) is 0 Å². The summed E-state index contributed by atoms with van der Waals surface area (Å²) in [4.78, 5) is 0. The van der Waals surface area contributed by atoms with Gasteiger partial charge in [-0.15, -0.1) is 0 Å². The molecule has 3 rings (SSSR count). The standard InChI is InChI=1S/C23H21N5O/c1-2-3-16-29-23-14-12-22(13-15-23)28-27-21-10-8-20(9-11-21)26-25-19-6-4-18(17-24)5-7-19/h4-15H,2-3,16H2,1H3. The molecule has 0 spiro atoms. The van der Waals surface area contributed by atoms with E-state index < -0.39 is 0 Å². The zero-order valence-corrected chi connectivity index (χ0v) is 16.2. The monoisotopic (exact) mass is 383 g/mol. The van der Waals surface area contributed by atoms with E-state index in [1.807, 2.05) is 48.5 Å². The highest BCUT2D eigenvalue weighted by Gasteiger charge is 1.96. The zero-order valence-electron chi connectivity index (χ0n) is 16.2. The molecule has 0 aliphatic rings. The predicted molar refractivity (Wildman–Crippen MR) is 113 cm³/mol. The molecule has 3 aromatic carbocycles. The zero-order chi connectivity index (χ0) is 20.3. The van der Waals surface area contributed by atoms with Gasteiger partial charge in [0.2, 0.25) is 0 Å². The van der Waals surface area contributed by atoms with Gasteiger partial charge in [-0.05, 0) is 79.2 Å². The highest BCUT2D eigenvalue weighted by Crippen LogP contribution is 2.24. The summed E-state index contributed by atoms with van der Waals surface area (Å²) in [6.45, 7) is 2.86. The normalized spacial score (nSPS) is 11.0. The number of hydrogen-bond acceptors (Lipinski definition) is 6. The number of nitrogens with zero attached hydrogens (tertiary/aromatic N) is 5. The van der Waals surface area contributed by atoms with Crippen LogP contribution in [0.25, 0.3) is 0 Å². The molecule has 6 heteroatoms. The van der Waals surface area contributed by atoms with Crippen molar-refractivity contribution in [2.45, 2.75) is 19.8 Å². The fourth-order valence-electron chi connectivity index (χ4n) is 2.36. The predicted octanol–water partition coefficient (Wildman–Crippen LogP) is 7.57. The Hall–Kier alpha value is -3.85. The first-order valence-electron chi connectivity index (χ1n) is 9.43. The Bertz CT molecular complexity index is 1000. The van der Waals surface area contributed by atoms with E-state index in [2.05, 4.69) is 33.4 Å². The summed E-state index contributed by atoms with van der Waals surface area (Å²) in [6, 6.07) is 23.9. The van der Waals surface area contributed by atoms with Crippen molar-refractivity contribution < 1.29 is 4.74 Å². The molecule has 3 aromatic rings. The van der Waals surface area contributed by atoms with Gasteiger partial charge >= 0.3 is 0 Å². The summed E-state index contributed by atoms with van der Waals surface area (Å²) < 4.78 is 5.64. The van der Waals surface area contributed by atoms with Gasteiger partial charge in [0.25, 0.3) is 0 Å². The molecule has 0 aliphatic carbocycles. The van der Waals surface area contributed by atoms with Crippen LogP contribution in [0.1, 0.15) is 25.3 Å². The molecule has 0 fully saturated rings. The lowest BCUT2D eigenvalue weighted by Crippen LogP contribution is -1.95. The summed E-state index contributed by atoms with van der Waals surface area (Å²) >= 11 is 0. The summed E-state index contributed by atoms with van der Waals surface area (Å²) in [6.07, 6.45) is 2.16. The van der Waals surface area contributed by atoms with Crippen LogP contribution in [0.15, 0.2) is 93.3 Å². The molecule has 29 heavy (non-hydrogen) atoms. The van der Waals surface area contributed by atoms with Crippen molar-refractivity contribution in [3.05, 3.63) is 78.4 Å². The molecule has 0 unspecified atom stereocenters. The summed E-state index contributed by atoms with van der Waals surface area (Å²) in [7, 11) is 0. The minimum atomic E-state index is 0.595. The van der Waals surface area contributed by atoms with Gasteiger partial charge in [-0.25, -0.2) is 0 Å². The van der Waals surface area contributed by atoms with E-state index in [9.17, 15) is 0 Å². The van der Waals surface area contributed by atoms with Crippen LogP contribution in [0.2, 0.25) is 0 Å². The van der Waals surface area contributed by atoms with Crippen molar-refractivity contribution in [3.63, 3.8) is 0 Å². The van der Waals surface area contributed by atoms with Crippen molar-refractivity contribution >= 4 is 22.7 Å². The molecule has 0 bridgehead atoms. The van der Waals surface area contributed by atoms with Gasteiger partial charge in [0, 0.05) is 0 Å². The summed E-state index contributed by atoms with van der Waals surface area (Å²) in [5.74, 6) is 0.842. The first kappa shape index (κ1) is 19.9. The Kier molecular flexibility index (Phi) is 7.19. The summed E-state index contributed by atoms with van der Waals surface area (Å²) in [5, 5.41) is 25.6. The van der Waals surface area contributed by atoms with Crippen LogP contribution >= 0.6 is 0 Å². The molecule has 144 valence electrons. The minimum absolute atomic E-state index is 0.595. The topological polar surface area (TPSA) is 82.5 Å². The summed E-state index contributed by atoms with van der Waals surface area (Å²) in [5.41, 5.74) is 3.48. The van der Waals surface area contributed by atoms with Crippen LogP contribution in [0.5, 0.6) is 5.75 Å². The SMILES string of the molecule is CCCCOc1ccc(N=Nc2ccc(N=Nc3ccc(C#N)cc3)cc2)cc1. The van der Waals surface area contributed by atoms with Gasteiger partial charge in [0.15, 0.2) is 0 Å². The Balaban J connectivity index is 1.57. The second-order valence-electron chi connectivity index (χ2n) is 6.27. The highest BCUT2D eigenvalue weighted by atomic mass is 16.5. The Morgan fingerprint density at radius 2 is 1.10 bits per heavy atom. The van der Waals surface area contributed by atoms with E-state index in [0.29, 0.717) is 16.9 Å². The molecule has 0 saturated carbocycles. The molecule has 0 radical (unpaired) electrons. The fraction of sp³-hybridized carbons (Fsp3) is 0.174. The van der Waals surface area contributed by atoms with Gasteiger partial charge in [-0.2, -0.15) is 25.7 Å². The Labute approximate surface area is 170 Å². The average molecular weight is 383 g/mol. The lowest BCUT2D eigenvalue weighted by atomic mass is 10.2. The fourth-order valence-corrected chi connectivity index (χ4v) is 2.36. The van der Waals surface area contributed by atoms with Crippen molar-refractivity contribution in [1.29, 1.82) is 5.26 Å². The third-order valence-corrected chi connectivity index (χ3v) is 4.01. The maximum absolute atomic E-state index is 8.80. The number of azo groups is 2. The molecule has 0 amide bonds. The minimum Gasteiger partial charge on any atom is -0.494 e. The van der Waals surface area contributed by atoms with Gasteiger partial charge < -0.3 is 4.74 Å². The first-order valence-corrected chi connectivity index (χ1v) is 9.43. The van der Waals surface area contributed by atoms with Crippen LogP contribution in [0.4, 0.5) is 22.7 Å². The molecule has 0 atom stereocenters. The van der Waals surface area contributed by atoms with Crippen molar-refractivity contribution in [2.75, 3.05) is 6.61 Å². The maximum atomic E-state index is 8.80. The van der Waals surface area contributed by atoms with E-state index in [-0.39, 0.29) is 0 Å². The first-order chi connectivity index (χ1) is 14.3. The largest absolute Gasteiger partial charge is 0.494 e. The second kappa shape index (κ2) is 10.5.